The molecule has 0 radical (unpaired) electrons. The SMILES string of the molecule is C=C[C@@H](O)Cc1ccc(OCc2ccccc2)cc1. The highest BCUT2D eigenvalue weighted by molar-refractivity contribution is 5.28. The third kappa shape index (κ3) is 4.27. The van der Waals surface area contributed by atoms with E-state index in [4.69, 9.17) is 4.74 Å². The van der Waals surface area contributed by atoms with Crippen molar-refractivity contribution in [3.8, 4) is 5.75 Å². The average Bonchev–Trinajstić information content (AvgIpc) is 2.47. The van der Waals surface area contributed by atoms with Crippen LogP contribution in [0.1, 0.15) is 11.1 Å². The zero-order chi connectivity index (χ0) is 13.5. The van der Waals surface area contributed by atoms with Gasteiger partial charge in [0.1, 0.15) is 12.4 Å². The molecule has 0 saturated carbocycles. The molecule has 0 spiro atoms. The van der Waals surface area contributed by atoms with Gasteiger partial charge in [-0.05, 0) is 23.3 Å². The van der Waals surface area contributed by atoms with Crippen molar-refractivity contribution in [2.24, 2.45) is 0 Å². The average molecular weight is 254 g/mol. The molecule has 98 valence electrons. The molecule has 2 heteroatoms. The molecule has 0 fully saturated rings. The van der Waals surface area contributed by atoms with E-state index in [-0.39, 0.29) is 0 Å². The van der Waals surface area contributed by atoms with Crippen LogP contribution >= 0.6 is 0 Å². The summed E-state index contributed by atoms with van der Waals surface area (Å²) in [5, 5.41) is 9.48. The Morgan fingerprint density at radius 3 is 2.32 bits per heavy atom. The molecular formula is C17H18O2. The Morgan fingerprint density at radius 1 is 1.00 bits per heavy atom. The van der Waals surface area contributed by atoms with Gasteiger partial charge in [-0.3, -0.25) is 0 Å². The van der Waals surface area contributed by atoms with Crippen molar-refractivity contribution >= 4 is 0 Å². The van der Waals surface area contributed by atoms with Crippen LogP contribution in [-0.2, 0) is 13.0 Å². The van der Waals surface area contributed by atoms with Crippen molar-refractivity contribution < 1.29 is 9.84 Å². The highest BCUT2D eigenvalue weighted by Gasteiger charge is 2.01. The van der Waals surface area contributed by atoms with E-state index in [1.54, 1.807) is 6.08 Å². The van der Waals surface area contributed by atoms with E-state index in [0.717, 1.165) is 16.9 Å². The van der Waals surface area contributed by atoms with Gasteiger partial charge in [-0.15, -0.1) is 6.58 Å². The second-order valence-electron chi connectivity index (χ2n) is 4.43. The molecule has 0 unspecified atom stereocenters. The van der Waals surface area contributed by atoms with Gasteiger partial charge in [-0.2, -0.15) is 0 Å². The highest BCUT2D eigenvalue weighted by Crippen LogP contribution is 2.15. The van der Waals surface area contributed by atoms with Crippen molar-refractivity contribution in [2.45, 2.75) is 19.1 Å². The van der Waals surface area contributed by atoms with Crippen LogP contribution in [0.3, 0.4) is 0 Å². The number of aliphatic hydroxyl groups excluding tert-OH is 1. The van der Waals surface area contributed by atoms with Crippen LogP contribution in [0.2, 0.25) is 0 Å². The Morgan fingerprint density at radius 2 is 1.68 bits per heavy atom. The Kier molecular flexibility index (Phi) is 4.76. The number of aliphatic hydroxyl groups is 1. The number of ether oxygens (including phenoxy) is 1. The maximum atomic E-state index is 9.48. The van der Waals surface area contributed by atoms with Crippen LogP contribution < -0.4 is 4.74 Å². The first-order valence-corrected chi connectivity index (χ1v) is 6.34. The van der Waals surface area contributed by atoms with E-state index in [1.165, 1.54) is 0 Å². The topological polar surface area (TPSA) is 29.5 Å². The molecule has 0 saturated heterocycles. The molecule has 0 heterocycles. The Balaban J connectivity index is 1.90. The van der Waals surface area contributed by atoms with Crippen LogP contribution in [0.25, 0.3) is 0 Å². The molecule has 0 amide bonds. The van der Waals surface area contributed by atoms with Crippen molar-refractivity contribution in [3.63, 3.8) is 0 Å². The lowest BCUT2D eigenvalue weighted by molar-refractivity contribution is 0.224. The van der Waals surface area contributed by atoms with Gasteiger partial charge in [0.15, 0.2) is 0 Å². The zero-order valence-corrected chi connectivity index (χ0v) is 10.8. The first kappa shape index (κ1) is 13.4. The largest absolute Gasteiger partial charge is 0.489 e. The number of hydrogen-bond acceptors (Lipinski definition) is 2. The summed E-state index contributed by atoms with van der Waals surface area (Å²) in [6.07, 6.45) is 1.64. The summed E-state index contributed by atoms with van der Waals surface area (Å²) in [7, 11) is 0. The summed E-state index contributed by atoms with van der Waals surface area (Å²) in [5.74, 6) is 0.834. The van der Waals surface area contributed by atoms with Crippen LogP contribution in [0.5, 0.6) is 5.75 Å². The number of rotatable bonds is 6. The lowest BCUT2D eigenvalue weighted by Crippen LogP contribution is -2.05. The summed E-state index contributed by atoms with van der Waals surface area (Å²) in [4.78, 5) is 0. The molecule has 0 bridgehead atoms. The third-order valence-electron chi connectivity index (χ3n) is 2.89. The minimum atomic E-state index is -0.490. The van der Waals surface area contributed by atoms with Gasteiger partial charge in [-0.25, -0.2) is 0 Å². The van der Waals surface area contributed by atoms with Gasteiger partial charge in [0.2, 0.25) is 0 Å². The van der Waals surface area contributed by atoms with Crippen LogP contribution in [0.4, 0.5) is 0 Å². The van der Waals surface area contributed by atoms with Crippen LogP contribution in [0, 0.1) is 0 Å². The molecule has 19 heavy (non-hydrogen) atoms. The molecular weight excluding hydrogens is 236 g/mol. The minimum absolute atomic E-state index is 0.490. The summed E-state index contributed by atoms with van der Waals surface area (Å²) >= 11 is 0. The first-order chi connectivity index (χ1) is 9.28. The van der Waals surface area contributed by atoms with Crippen molar-refractivity contribution in [3.05, 3.63) is 78.4 Å². The normalized spacial score (nSPS) is 11.8. The first-order valence-electron chi connectivity index (χ1n) is 6.34. The smallest absolute Gasteiger partial charge is 0.119 e. The standard InChI is InChI=1S/C17H18O2/c1-2-16(18)12-14-8-10-17(11-9-14)19-13-15-6-4-3-5-7-15/h2-11,16,18H,1,12-13H2/t16-/m1/s1. The second-order valence-corrected chi connectivity index (χ2v) is 4.43. The van der Waals surface area contributed by atoms with Gasteiger partial charge in [0.25, 0.3) is 0 Å². The fourth-order valence-electron chi connectivity index (χ4n) is 1.79. The van der Waals surface area contributed by atoms with E-state index in [2.05, 4.69) is 6.58 Å². The molecule has 2 nitrogen and oxygen atoms in total. The number of hydrogen-bond donors (Lipinski definition) is 1. The van der Waals surface area contributed by atoms with E-state index in [1.807, 2.05) is 54.6 Å². The summed E-state index contributed by atoms with van der Waals surface area (Å²) < 4.78 is 5.70. The monoisotopic (exact) mass is 254 g/mol. The van der Waals surface area contributed by atoms with Crippen LogP contribution in [-0.4, -0.2) is 11.2 Å². The fraction of sp³-hybridized carbons (Fsp3) is 0.176. The lowest BCUT2D eigenvalue weighted by Gasteiger charge is -2.08. The summed E-state index contributed by atoms with van der Waals surface area (Å²) in [5.41, 5.74) is 2.22. The van der Waals surface area contributed by atoms with Crippen molar-refractivity contribution in [1.82, 2.24) is 0 Å². The van der Waals surface area contributed by atoms with Gasteiger partial charge in [0.05, 0.1) is 6.10 Å². The van der Waals surface area contributed by atoms with E-state index in [0.29, 0.717) is 13.0 Å². The minimum Gasteiger partial charge on any atom is -0.489 e. The maximum Gasteiger partial charge on any atom is 0.119 e. The Hall–Kier alpha value is -2.06. The third-order valence-corrected chi connectivity index (χ3v) is 2.89. The molecule has 0 aliphatic rings. The second kappa shape index (κ2) is 6.76. The molecule has 0 aliphatic heterocycles. The summed E-state index contributed by atoms with van der Waals surface area (Å²) in [6.45, 7) is 4.13. The van der Waals surface area contributed by atoms with E-state index in [9.17, 15) is 5.11 Å². The predicted octanol–water partition coefficient (Wildman–Crippen LogP) is 3.36. The Bertz CT molecular complexity index is 503. The highest BCUT2D eigenvalue weighted by atomic mass is 16.5. The molecule has 0 aromatic heterocycles. The Labute approximate surface area is 114 Å². The van der Waals surface area contributed by atoms with E-state index >= 15 is 0 Å². The van der Waals surface area contributed by atoms with Gasteiger partial charge in [0, 0.05) is 6.42 Å². The quantitative estimate of drug-likeness (QED) is 0.801. The van der Waals surface area contributed by atoms with Crippen LogP contribution in [0.15, 0.2) is 67.3 Å². The lowest BCUT2D eigenvalue weighted by atomic mass is 10.1. The zero-order valence-electron chi connectivity index (χ0n) is 10.8. The molecule has 2 rings (SSSR count). The number of benzene rings is 2. The van der Waals surface area contributed by atoms with Gasteiger partial charge >= 0.3 is 0 Å². The predicted molar refractivity (Wildman–Crippen MR) is 77.1 cm³/mol. The van der Waals surface area contributed by atoms with Gasteiger partial charge < -0.3 is 9.84 Å². The molecule has 2 aromatic rings. The fourth-order valence-corrected chi connectivity index (χ4v) is 1.79. The summed E-state index contributed by atoms with van der Waals surface area (Å²) in [6, 6.07) is 17.8. The van der Waals surface area contributed by atoms with Crippen molar-refractivity contribution in [2.75, 3.05) is 0 Å². The maximum absolute atomic E-state index is 9.48. The van der Waals surface area contributed by atoms with Gasteiger partial charge in [-0.1, -0.05) is 48.5 Å². The molecule has 1 N–H and O–H groups in total. The van der Waals surface area contributed by atoms with E-state index < -0.39 is 6.10 Å². The molecule has 2 aromatic carbocycles. The molecule has 0 aliphatic carbocycles. The van der Waals surface area contributed by atoms with Crippen molar-refractivity contribution in [1.29, 1.82) is 0 Å². The molecule has 1 atom stereocenters.